The highest BCUT2D eigenvalue weighted by atomic mass is 16.7. The number of para-hydroxylation sites is 2. The second-order valence-corrected chi connectivity index (χ2v) is 14.8. The Morgan fingerprint density at radius 3 is 2.46 bits per heavy atom. The van der Waals surface area contributed by atoms with Gasteiger partial charge in [-0.15, -0.1) is 0 Å². The number of methoxy groups -OCH3 is 2. The zero-order chi connectivity index (χ0) is 37.7. The molecular formula is C41H56N4O7. The maximum absolute atomic E-state index is 14.3. The molecule has 0 spiro atoms. The summed E-state index contributed by atoms with van der Waals surface area (Å²) < 4.78 is 17.4. The molecule has 2 amide bonds. The van der Waals surface area contributed by atoms with E-state index in [1.807, 2.05) is 30.3 Å². The van der Waals surface area contributed by atoms with Gasteiger partial charge in [-0.2, -0.15) is 5.06 Å². The van der Waals surface area contributed by atoms with Crippen molar-refractivity contribution in [1.29, 1.82) is 0 Å². The van der Waals surface area contributed by atoms with Gasteiger partial charge in [-0.3, -0.25) is 14.4 Å². The van der Waals surface area contributed by atoms with Crippen LogP contribution in [0.4, 0.5) is 0 Å². The second-order valence-electron chi connectivity index (χ2n) is 14.8. The monoisotopic (exact) mass is 716 g/mol. The van der Waals surface area contributed by atoms with Crippen LogP contribution in [-0.2, 0) is 20.9 Å². The number of benzene rings is 2. The summed E-state index contributed by atoms with van der Waals surface area (Å²) in [7, 11) is 4.72. The van der Waals surface area contributed by atoms with Gasteiger partial charge in [-0.05, 0) is 60.6 Å². The van der Waals surface area contributed by atoms with E-state index >= 15 is 0 Å². The third-order valence-corrected chi connectivity index (χ3v) is 11.7. The van der Waals surface area contributed by atoms with Crippen molar-refractivity contribution in [2.24, 2.45) is 34.8 Å². The summed E-state index contributed by atoms with van der Waals surface area (Å²) in [4.78, 5) is 33.7. The molecule has 5 N–H and O–H groups in total. The molecule has 2 aromatic rings. The number of hydroxylamine groups is 2. The molecule has 3 saturated carbocycles. The van der Waals surface area contributed by atoms with Gasteiger partial charge in [-0.1, -0.05) is 69.8 Å². The van der Waals surface area contributed by atoms with Crippen LogP contribution < -0.4 is 25.8 Å². The number of carbonyl (C=O) groups excluding carboxylic acids is 2. The molecule has 1 saturated heterocycles. The summed E-state index contributed by atoms with van der Waals surface area (Å²) in [5.41, 5.74) is 9.64. The van der Waals surface area contributed by atoms with E-state index in [2.05, 4.69) is 38.0 Å². The fraction of sp³-hybridized carbons (Fsp3) is 0.512. The maximum Gasteiger partial charge on any atom is 0.254 e. The number of carbonyl (C=O) groups is 2. The largest absolute Gasteiger partial charge is 0.504 e. The van der Waals surface area contributed by atoms with E-state index in [1.54, 1.807) is 63.8 Å². The fourth-order valence-electron chi connectivity index (χ4n) is 8.65. The Kier molecular flexibility index (Phi) is 12.5. The van der Waals surface area contributed by atoms with E-state index in [0.29, 0.717) is 45.9 Å². The van der Waals surface area contributed by atoms with Gasteiger partial charge in [-0.25, -0.2) is 0 Å². The molecule has 0 radical (unpaired) electrons. The summed E-state index contributed by atoms with van der Waals surface area (Å²) in [5, 5.41) is 18.7. The number of amides is 2. The van der Waals surface area contributed by atoms with E-state index in [4.69, 9.17) is 24.8 Å². The smallest absolute Gasteiger partial charge is 0.254 e. The Bertz CT molecular complexity index is 1670. The summed E-state index contributed by atoms with van der Waals surface area (Å²) in [6.45, 7) is 13.0. The van der Waals surface area contributed by atoms with Crippen LogP contribution in [0.15, 0.2) is 73.0 Å². The maximum atomic E-state index is 14.3. The molecule has 282 valence electrons. The molecule has 0 aromatic heterocycles. The van der Waals surface area contributed by atoms with Crippen LogP contribution in [0.5, 0.6) is 11.5 Å². The first-order chi connectivity index (χ1) is 24.9. The van der Waals surface area contributed by atoms with E-state index < -0.39 is 24.2 Å². The number of rotatable bonds is 15. The van der Waals surface area contributed by atoms with E-state index in [-0.39, 0.29) is 43.0 Å². The number of hydrogen-bond acceptors (Lipinski definition) is 9. The number of ether oxygens (including phenoxy) is 3. The average molecular weight is 717 g/mol. The third kappa shape index (κ3) is 7.64. The van der Waals surface area contributed by atoms with Gasteiger partial charge < -0.3 is 35.7 Å². The molecule has 2 bridgehead atoms. The number of nitrogens with zero attached hydrogens (tertiary/aromatic N) is 1. The van der Waals surface area contributed by atoms with Crippen molar-refractivity contribution >= 4 is 11.8 Å². The molecule has 1 heterocycles. The van der Waals surface area contributed by atoms with Crippen LogP contribution in [0.25, 0.3) is 11.1 Å². The zero-order valence-corrected chi connectivity index (χ0v) is 31.6. The van der Waals surface area contributed by atoms with Gasteiger partial charge in [0.2, 0.25) is 5.91 Å². The van der Waals surface area contributed by atoms with Crippen LogP contribution in [0.2, 0.25) is 0 Å². The lowest BCUT2D eigenvalue weighted by Crippen LogP contribution is -2.62. The van der Waals surface area contributed by atoms with Gasteiger partial charge in [0.25, 0.3) is 5.91 Å². The Morgan fingerprint density at radius 1 is 1.15 bits per heavy atom. The van der Waals surface area contributed by atoms with Gasteiger partial charge in [0, 0.05) is 42.2 Å². The third-order valence-electron chi connectivity index (χ3n) is 11.7. The number of hydrogen-bond donors (Lipinski definition) is 4. The first-order valence-electron chi connectivity index (χ1n) is 18.2. The molecule has 1 aliphatic heterocycles. The highest BCUT2D eigenvalue weighted by Crippen LogP contribution is 2.61. The van der Waals surface area contributed by atoms with Gasteiger partial charge in [0.1, 0.15) is 24.1 Å². The quantitative estimate of drug-likeness (QED) is 0.148. The topological polar surface area (TPSA) is 145 Å². The highest BCUT2D eigenvalue weighted by Gasteiger charge is 2.57. The molecule has 11 nitrogen and oxygen atoms in total. The SMILES string of the molecule is C=CC(=CC=COC)COc1c(C(=O)NC)cccc1-c1cccc(CN2O[C@@H](CN)[C@@H]([C@H](C)O)[C@H]2C(=O)N[C@H]2C[C@H]3C[C@@H]([C@@H]2C)C3(C)C)c1OC. The number of nitrogens with one attached hydrogen (secondary N) is 2. The summed E-state index contributed by atoms with van der Waals surface area (Å²) >= 11 is 0. The molecular weight excluding hydrogens is 660 g/mol. The van der Waals surface area contributed by atoms with E-state index in [9.17, 15) is 14.7 Å². The first kappa shape index (κ1) is 39.1. The van der Waals surface area contributed by atoms with Crippen molar-refractivity contribution < 1.29 is 33.7 Å². The van der Waals surface area contributed by atoms with E-state index in [1.165, 1.54) is 6.42 Å². The van der Waals surface area contributed by atoms with Crippen molar-refractivity contribution in [3.63, 3.8) is 0 Å². The fourth-order valence-corrected chi connectivity index (χ4v) is 8.65. The number of aliphatic hydroxyl groups excluding tert-OH is 1. The molecule has 4 aliphatic rings. The van der Waals surface area contributed by atoms with Gasteiger partial charge >= 0.3 is 0 Å². The molecule has 52 heavy (non-hydrogen) atoms. The highest BCUT2D eigenvalue weighted by molar-refractivity contribution is 5.99. The summed E-state index contributed by atoms with van der Waals surface area (Å²) in [5.74, 6) is 1.36. The van der Waals surface area contributed by atoms with Crippen molar-refractivity contribution in [2.45, 2.75) is 71.4 Å². The first-order valence-corrected chi connectivity index (χ1v) is 18.2. The number of nitrogens with two attached hydrogens (primary N) is 1. The van der Waals surface area contributed by atoms with Crippen LogP contribution in [-0.4, -0.2) is 80.7 Å². The van der Waals surface area contributed by atoms with Crippen molar-refractivity contribution in [2.75, 3.05) is 34.4 Å². The molecule has 2 aromatic carbocycles. The average Bonchev–Trinajstić information content (AvgIpc) is 3.51. The normalized spacial score (nSPS) is 27.4. The van der Waals surface area contributed by atoms with Crippen LogP contribution in [0, 0.1) is 29.1 Å². The van der Waals surface area contributed by atoms with Crippen molar-refractivity contribution in [3.8, 4) is 22.6 Å². The lowest BCUT2D eigenvalue weighted by Gasteiger charge is -2.62. The molecule has 6 rings (SSSR count). The Morgan fingerprint density at radius 2 is 1.87 bits per heavy atom. The van der Waals surface area contributed by atoms with E-state index in [0.717, 1.165) is 17.6 Å². The standard InChI is InChI=1S/C41H56N4O7/c1-9-26(13-12-18-49-7)23-51-38-30(16-11-17-31(38)39(47)43-6)29-15-10-14-27(37(29)50-8)22-45-36(35(25(3)46)34(21-42)52-45)40(48)44-33-20-28-19-32(24(33)2)41(28,4)5/h9-18,24-25,28,32-36,46H,1,19-23,42H2,2-8H3,(H,43,47)(H,44,48)/t24-,25-,28+,32-,33-,34-,35+,36-/m0/s1. The second kappa shape index (κ2) is 16.7. The van der Waals surface area contributed by atoms with Crippen LogP contribution >= 0.6 is 0 Å². The van der Waals surface area contributed by atoms with Crippen molar-refractivity contribution in [1.82, 2.24) is 15.7 Å². The molecule has 4 fully saturated rings. The van der Waals surface area contributed by atoms with Crippen LogP contribution in [0.3, 0.4) is 0 Å². The number of allylic oxidation sites excluding steroid dienone is 2. The van der Waals surface area contributed by atoms with Gasteiger partial charge in [0.15, 0.2) is 0 Å². The Labute approximate surface area is 308 Å². The van der Waals surface area contributed by atoms with Crippen LogP contribution in [0.1, 0.15) is 56.5 Å². The molecule has 3 aliphatic carbocycles. The lowest BCUT2D eigenvalue weighted by molar-refractivity contribution is -0.175. The molecule has 8 atom stereocenters. The van der Waals surface area contributed by atoms with Gasteiger partial charge in [0.05, 0.1) is 44.8 Å². The zero-order valence-electron chi connectivity index (χ0n) is 31.6. The lowest BCUT2D eigenvalue weighted by atomic mass is 9.45. The van der Waals surface area contributed by atoms with Crippen molar-refractivity contribution in [3.05, 3.63) is 84.2 Å². The predicted molar refractivity (Wildman–Crippen MR) is 201 cm³/mol. The molecule has 11 heteroatoms. The Balaban J connectivity index is 1.48. The Hall–Kier alpha value is -4.16. The summed E-state index contributed by atoms with van der Waals surface area (Å²) in [6.07, 6.45) is 7.52. The predicted octanol–water partition coefficient (Wildman–Crippen LogP) is 5.00. The number of aliphatic hydroxyl groups is 1. The summed E-state index contributed by atoms with van der Waals surface area (Å²) in [6, 6.07) is 10.3. The minimum absolute atomic E-state index is 0.0500. The molecule has 0 unspecified atom stereocenters. The minimum atomic E-state index is -0.842. The minimum Gasteiger partial charge on any atom is -0.504 e. The number of fused-ring (bicyclic) bond motifs is 2.